The van der Waals surface area contributed by atoms with E-state index in [-0.39, 0.29) is 24.0 Å². The molecule has 1 fully saturated rings. The molecule has 0 aliphatic carbocycles. The number of halogens is 3. The Bertz CT molecular complexity index is 856. The van der Waals surface area contributed by atoms with Crippen molar-refractivity contribution in [2.24, 2.45) is 5.92 Å². The standard InChI is InChI=1S/C22H24BrFN2O2.ClH/c23-18-4-1-17-13-26(22(28)20(17)11-18)12-15-7-9-25(10-8-15)14-21(27)16-2-5-19(24)6-3-16;/h1-6,11,15,22,28H,7-10,12-14H2;1H. The van der Waals surface area contributed by atoms with Gasteiger partial charge in [-0.05, 0) is 73.8 Å². The van der Waals surface area contributed by atoms with Gasteiger partial charge in [-0.25, -0.2) is 4.39 Å². The lowest BCUT2D eigenvalue weighted by Crippen LogP contribution is -2.40. The van der Waals surface area contributed by atoms with E-state index in [0.717, 1.165) is 49.1 Å². The molecule has 1 unspecified atom stereocenters. The Hall–Kier alpha value is -1.31. The van der Waals surface area contributed by atoms with Crippen LogP contribution in [0.1, 0.15) is 40.6 Å². The summed E-state index contributed by atoms with van der Waals surface area (Å²) in [5.41, 5.74) is 2.75. The van der Waals surface area contributed by atoms with Crippen molar-refractivity contribution in [1.29, 1.82) is 0 Å². The number of rotatable bonds is 5. The Kier molecular flexibility index (Phi) is 7.46. The molecule has 2 aliphatic heterocycles. The number of aliphatic hydroxyl groups is 1. The van der Waals surface area contributed by atoms with Gasteiger partial charge in [-0.15, -0.1) is 12.4 Å². The van der Waals surface area contributed by atoms with Crippen molar-refractivity contribution in [2.75, 3.05) is 26.2 Å². The number of ketones is 1. The van der Waals surface area contributed by atoms with Gasteiger partial charge in [0.2, 0.25) is 0 Å². The number of carbonyl (C=O) groups excluding carboxylic acids is 1. The average molecular weight is 484 g/mol. The van der Waals surface area contributed by atoms with E-state index in [2.05, 4.69) is 31.8 Å². The van der Waals surface area contributed by atoms with Crippen molar-refractivity contribution >= 4 is 34.1 Å². The fourth-order valence-corrected chi connectivity index (χ4v) is 4.58. The molecule has 2 heterocycles. The first-order chi connectivity index (χ1) is 13.5. The smallest absolute Gasteiger partial charge is 0.176 e. The van der Waals surface area contributed by atoms with Crippen LogP contribution in [0.25, 0.3) is 0 Å². The van der Waals surface area contributed by atoms with E-state index in [9.17, 15) is 14.3 Å². The molecule has 1 N–H and O–H groups in total. The molecule has 2 aliphatic rings. The number of Topliss-reactive ketones (excluding diaryl/α,β-unsaturated/α-hetero) is 1. The first-order valence-electron chi connectivity index (χ1n) is 9.71. The van der Waals surface area contributed by atoms with Gasteiger partial charge in [0.1, 0.15) is 12.0 Å². The predicted octanol–water partition coefficient (Wildman–Crippen LogP) is 4.41. The Labute approximate surface area is 185 Å². The number of hydrogen-bond donors (Lipinski definition) is 1. The summed E-state index contributed by atoms with van der Waals surface area (Å²) in [6.07, 6.45) is 1.49. The lowest BCUT2D eigenvalue weighted by atomic mass is 9.95. The van der Waals surface area contributed by atoms with Gasteiger partial charge < -0.3 is 5.11 Å². The van der Waals surface area contributed by atoms with Crippen LogP contribution in [0.15, 0.2) is 46.9 Å². The first kappa shape index (κ1) is 22.4. The van der Waals surface area contributed by atoms with E-state index in [1.165, 1.54) is 17.7 Å². The zero-order valence-electron chi connectivity index (χ0n) is 16.1. The van der Waals surface area contributed by atoms with Crippen molar-refractivity contribution in [2.45, 2.75) is 25.6 Å². The Morgan fingerprint density at radius 1 is 1.14 bits per heavy atom. The van der Waals surface area contributed by atoms with Gasteiger partial charge in [0, 0.05) is 28.7 Å². The fourth-order valence-electron chi connectivity index (χ4n) is 4.21. The maximum Gasteiger partial charge on any atom is 0.176 e. The van der Waals surface area contributed by atoms with Crippen LogP contribution in [0.5, 0.6) is 0 Å². The highest BCUT2D eigenvalue weighted by Gasteiger charge is 2.31. The molecule has 0 saturated carbocycles. The zero-order chi connectivity index (χ0) is 19.7. The number of aliphatic hydroxyl groups excluding tert-OH is 1. The summed E-state index contributed by atoms with van der Waals surface area (Å²) in [6, 6.07) is 11.9. The fraction of sp³-hybridized carbons (Fsp3) is 0.409. The lowest BCUT2D eigenvalue weighted by molar-refractivity contribution is -0.00354. The van der Waals surface area contributed by atoms with E-state index in [1.807, 2.05) is 12.1 Å². The highest BCUT2D eigenvalue weighted by molar-refractivity contribution is 9.10. The van der Waals surface area contributed by atoms with Crippen LogP contribution in [-0.4, -0.2) is 46.9 Å². The highest BCUT2D eigenvalue weighted by Crippen LogP contribution is 2.35. The third kappa shape index (κ3) is 5.25. The second kappa shape index (κ2) is 9.67. The number of nitrogens with zero attached hydrogens (tertiary/aromatic N) is 2. The Morgan fingerprint density at radius 3 is 2.52 bits per heavy atom. The van der Waals surface area contributed by atoms with Crippen LogP contribution >= 0.6 is 28.3 Å². The molecule has 0 amide bonds. The summed E-state index contributed by atoms with van der Waals surface area (Å²) < 4.78 is 14.0. The normalized spacial score (nSPS) is 20.3. The van der Waals surface area contributed by atoms with Gasteiger partial charge in [-0.3, -0.25) is 14.6 Å². The third-order valence-corrected chi connectivity index (χ3v) is 6.33. The molecule has 7 heteroatoms. The number of likely N-dealkylation sites (tertiary alicyclic amines) is 1. The minimum absolute atomic E-state index is 0. The first-order valence-corrected chi connectivity index (χ1v) is 10.5. The van der Waals surface area contributed by atoms with Gasteiger partial charge in [-0.1, -0.05) is 22.0 Å². The largest absolute Gasteiger partial charge is 0.374 e. The summed E-state index contributed by atoms with van der Waals surface area (Å²) in [7, 11) is 0. The molecular weight excluding hydrogens is 459 g/mol. The molecule has 4 nitrogen and oxygen atoms in total. The number of piperidine rings is 1. The molecule has 0 bridgehead atoms. The Balaban J connectivity index is 0.00000240. The second-order valence-electron chi connectivity index (χ2n) is 7.80. The van der Waals surface area contributed by atoms with Crippen LogP contribution in [-0.2, 0) is 6.54 Å². The van der Waals surface area contributed by atoms with Crippen molar-refractivity contribution in [3.63, 3.8) is 0 Å². The molecule has 0 radical (unpaired) electrons. The van der Waals surface area contributed by atoms with E-state index in [1.54, 1.807) is 12.1 Å². The third-order valence-electron chi connectivity index (χ3n) is 5.84. The number of hydrogen-bond acceptors (Lipinski definition) is 4. The molecule has 2 aromatic carbocycles. The van der Waals surface area contributed by atoms with Crippen molar-refractivity contribution < 1.29 is 14.3 Å². The minimum atomic E-state index is -0.536. The maximum absolute atomic E-state index is 13.0. The lowest BCUT2D eigenvalue weighted by Gasteiger charge is -2.34. The van der Waals surface area contributed by atoms with E-state index in [4.69, 9.17) is 0 Å². The van der Waals surface area contributed by atoms with E-state index in [0.29, 0.717) is 18.0 Å². The SMILES string of the molecule is Cl.O=C(CN1CCC(CN2Cc3ccc(Br)cc3C2O)CC1)c1ccc(F)cc1. The topological polar surface area (TPSA) is 43.8 Å². The van der Waals surface area contributed by atoms with Gasteiger partial charge in [0.05, 0.1) is 6.54 Å². The number of benzene rings is 2. The molecule has 1 saturated heterocycles. The second-order valence-corrected chi connectivity index (χ2v) is 8.71. The molecule has 29 heavy (non-hydrogen) atoms. The molecule has 2 aromatic rings. The van der Waals surface area contributed by atoms with Crippen molar-refractivity contribution in [1.82, 2.24) is 9.80 Å². The van der Waals surface area contributed by atoms with E-state index < -0.39 is 6.23 Å². The highest BCUT2D eigenvalue weighted by atomic mass is 79.9. The van der Waals surface area contributed by atoms with E-state index >= 15 is 0 Å². The summed E-state index contributed by atoms with van der Waals surface area (Å²) >= 11 is 3.48. The molecule has 156 valence electrons. The summed E-state index contributed by atoms with van der Waals surface area (Å²) in [5, 5.41) is 10.6. The molecule has 4 rings (SSSR count). The van der Waals surface area contributed by atoms with Gasteiger partial charge in [0.15, 0.2) is 5.78 Å². The van der Waals surface area contributed by atoms with Crippen LogP contribution in [0.2, 0.25) is 0 Å². The summed E-state index contributed by atoms with van der Waals surface area (Å²) in [6.45, 7) is 3.78. The van der Waals surface area contributed by atoms with Crippen molar-refractivity contribution in [3.8, 4) is 0 Å². The maximum atomic E-state index is 13.0. The van der Waals surface area contributed by atoms with Crippen LogP contribution in [0.3, 0.4) is 0 Å². The van der Waals surface area contributed by atoms with Crippen molar-refractivity contribution in [3.05, 3.63) is 69.4 Å². The van der Waals surface area contributed by atoms with Gasteiger partial charge in [0.25, 0.3) is 0 Å². The zero-order valence-corrected chi connectivity index (χ0v) is 18.5. The van der Waals surface area contributed by atoms with Crippen LogP contribution < -0.4 is 0 Å². The summed E-state index contributed by atoms with van der Waals surface area (Å²) in [4.78, 5) is 16.7. The van der Waals surface area contributed by atoms with Crippen LogP contribution in [0.4, 0.5) is 4.39 Å². The number of carbonyl (C=O) groups is 1. The minimum Gasteiger partial charge on any atom is -0.374 e. The predicted molar refractivity (Wildman–Crippen MR) is 117 cm³/mol. The van der Waals surface area contributed by atoms with Gasteiger partial charge in [-0.2, -0.15) is 0 Å². The molecular formula is C22H25BrClFN2O2. The Morgan fingerprint density at radius 2 is 1.83 bits per heavy atom. The molecule has 0 aromatic heterocycles. The average Bonchev–Trinajstić information content (AvgIpc) is 2.99. The summed E-state index contributed by atoms with van der Waals surface area (Å²) in [5.74, 6) is 0.231. The monoisotopic (exact) mass is 482 g/mol. The number of fused-ring (bicyclic) bond motifs is 1. The quantitative estimate of drug-likeness (QED) is 0.640. The molecule has 1 atom stereocenters. The van der Waals surface area contributed by atoms with Crippen LogP contribution in [0, 0.1) is 11.7 Å². The van der Waals surface area contributed by atoms with Gasteiger partial charge >= 0.3 is 0 Å². The molecule has 0 spiro atoms.